The Kier molecular flexibility index (Phi) is 5.43. The largest absolute Gasteiger partial charge is 0.457 e. The number of nitrogens with one attached hydrogen (secondary N) is 1. The van der Waals surface area contributed by atoms with Crippen molar-refractivity contribution in [1.29, 1.82) is 0 Å². The monoisotopic (exact) mass is 442 g/mol. The van der Waals surface area contributed by atoms with Crippen LogP contribution in [0.3, 0.4) is 0 Å². The van der Waals surface area contributed by atoms with Crippen molar-refractivity contribution in [3.63, 3.8) is 0 Å². The molecule has 158 valence electrons. The number of carbonyl (C=O) groups excluding carboxylic acids is 2. The minimum atomic E-state index is -0.567. The SMILES string of the molecule is O=C1C[C@@H](Sc2n[nH]c(-c3ccccc3)n2)C(=O)N1c1ccc(Oc2ccccc2)cc1. The number of benzene rings is 3. The summed E-state index contributed by atoms with van der Waals surface area (Å²) < 4.78 is 5.78. The number of para-hydroxylation sites is 1. The topological polar surface area (TPSA) is 88.2 Å². The number of hydrogen-bond acceptors (Lipinski definition) is 6. The van der Waals surface area contributed by atoms with Gasteiger partial charge in [0.1, 0.15) is 16.7 Å². The second-order valence-corrected chi connectivity index (χ2v) is 8.29. The van der Waals surface area contributed by atoms with E-state index in [0.717, 1.165) is 5.56 Å². The second kappa shape index (κ2) is 8.68. The molecule has 32 heavy (non-hydrogen) atoms. The third-order valence-electron chi connectivity index (χ3n) is 4.94. The Labute approximate surface area is 188 Å². The number of carbonyl (C=O) groups is 2. The van der Waals surface area contributed by atoms with E-state index in [0.29, 0.717) is 28.2 Å². The van der Waals surface area contributed by atoms with Crippen LogP contribution in [0, 0.1) is 0 Å². The summed E-state index contributed by atoms with van der Waals surface area (Å²) in [5.41, 5.74) is 1.42. The number of hydrogen-bond donors (Lipinski definition) is 1. The number of anilines is 1. The lowest BCUT2D eigenvalue weighted by atomic mass is 10.2. The molecule has 8 heteroatoms. The summed E-state index contributed by atoms with van der Waals surface area (Å²) in [6, 6.07) is 25.9. The molecule has 0 radical (unpaired) electrons. The molecule has 1 aliphatic rings. The van der Waals surface area contributed by atoms with Crippen molar-refractivity contribution in [1.82, 2.24) is 15.2 Å². The average Bonchev–Trinajstić information content (AvgIpc) is 3.40. The van der Waals surface area contributed by atoms with Crippen LogP contribution in [0.4, 0.5) is 5.69 Å². The molecule has 4 aromatic rings. The van der Waals surface area contributed by atoms with Crippen LogP contribution in [0.5, 0.6) is 11.5 Å². The first-order valence-corrected chi connectivity index (χ1v) is 10.9. The molecule has 1 N–H and O–H groups in total. The zero-order valence-corrected chi connectivity index (χ0v) is 17.7. The molecular weight excluding hydrogens is 424 g/mol. The van der Waals surface area contributed by atoms with Gasteiger partial charge in [-0.3, -0.25) is 14.7 Å². The summed E-state index contributed by atoms with van der Waals surface area (Å²) in [6.07, 6.45) is 0.0982. The maximum Gasteiger partial charge on any atom is 0.247 e. The molecule has 1 fully saturated rings. The van der Waals surface area contributed by atoms with Gasteiger partial charge in [-0.15, -0.1) is 5.10 Å². The number of rotatable bonds is 6. The normalized spacial score (nSPS) is 15.9. The van der Waals surface area contributed by atoms with E-state index in [1.807, 2.05) is 60.7 Å². The summed E-state index contributed by atoms with van der Waals surface area (Å²) in [5.74, 6) is 1.44. The fraction of sp³-hybridized carbons (Fsp3) is 0.0833. The number of H-pyrrole nitrogens is 1. The summed E-state index contributed by atoms with van der Waals surface area (Å²) >= 11 is 1.19. The molecule has 1 atom stereocenters. The molecular formula is C24H18N4O3S. The maximum atomic E-state index is 13.0. The highest BCUT2D eigenvalue weighted by Crippen LogP contribution is 2.34. The zero-order chi connectivity index (χ0) is 21.9. The van der Waals surface area contributed by atoms with Gasteiger partial charge < -0.3 is 4.74 Å². The minimum absolute atomic E-state index is 0.0982. The Morgan fingerprint density at radius 2 is 1.53 bits per heavy atom. The van der Waals surface area contributed by atoms with Gasteiger partial charge in [-0.25, -0.2) is 9.88 Å². The number of imide groups is 1. The summed E-state index contributed by atoms with van der Waals surface area (Å²) in [7, 11) is 0. The van der Waals surface area contributed by atoms with E-state index < -0.39 is 5.25 Å². The van der Waals surface area contributed by atoms with Gasteiger partial charge in [-0.2, -0.15) is 0 Å². The lowest BCUT2D eigenvalue weighted by molar-refractivity contribution is -0.121. The van der Waals surface area contributed by atoms with Gasteiger partial charge in [0, 0.05) is 12.0 Å². The Morgan fingerprint density at radius 1 is 0.875 bits per heavy atom. The molecule has 3 aromatic carbocycles. The lowest BCUT2D eigenvalue weighted by Gasteiger charge is -2.15. The fourth-order valence-corrected chi connectivity index (χ4v) is 4.34. The van der Waals surface area contributed by atoms with E-state index in [1.165, 1.54) is 16.7 Å². The molecule has 0 unspecified atom stereocenters. The third kappa shape index (κ3) is 4.13. The van der Waals surface area contributed by atoms with Crippen molar-refractivity contribution >= 4 is 29.3 Å². The zero-order valence-electron chi connectivity index (χ0n) is 16.8. The Morgan fingerprint density at radius 3 is 2.25 bits per heavy atom. The molecule has 0 spiro atoms. The van der Waals surface area contributed by atoms with Crippen LogP contribution in [0.2, 0.25) is 0 Å². The second-order valence-electron chi connectivity index (χ2n) is 7.12. The highest BCUT2D eigenvalue weighted by atomic mass is 32.2. The molecule has 0 aliphatic carbocycles. The summed E-state index contributed by atoms with van der Waals surface area (Å²) in [6.45, 7) is 0. The molecule has 5 rings (SSSR count). The van der Waals surface area contributed by atoms with Gasteiger partial charge in [-0.1, -0.05) is 60.3 Å². The highest BCUT2D eigenvalue weighted by Gasteiger charge is 2.40. The van der Waals surface area contributed by atoms with Crippen molar-refractivity contribution < 1.29 is 14.3 Å². The lowest BCUT2D eigenvalue weighted by Crippen LogP contribution is -2.31. The first-order valence-electron chi connectivity index (χ1n) is 10.0. The Balaban J connectivity index is 1.27. The number of aromatic amines is 1. The average molecular weight is 443 g/mol. The fourth-order valence-electron chi connectivity index (χ4n) is 3.41. The van der Waals surface area contributed by atoms with Crippen molar-refractivity contribution in [3.05, 3.63) is 84.9 Å². The van der Waals surface area contributed by atoms with Crippen LogP contribution < -0.4 is 9.64 Å². The van der Waals surface area contributed by atoms with E-state index in [9.17, 15) is 9.59 Å². The van der Waals surface area contributed by atoms with Gasteiger partial charge >= 0.3 is 0 Å². The van der Waals surface area contributed by atoms with Gasteiger partial charge in [-0.05, 0) is 36.4 Å². The van der Waals surface area contributed by atoms with Crippen LogP contribution in [-0.2, 0) is 9.59 Å². The molecule has 1 aliphatic heterocycles. The predicted octanol–water partition coefficient (Wildman–Crippen LogP) is 4.69. The molecule has 2 amide bonds. The van der Waals surface area contributed by atoms with E-state index in [4.69, 9.17) is 4.74 Å². The van der Waals surface area contributed by atoms with Gasteiger partial charge in [0.15, 0.2) is 5.82 Å². The van der Waals surface area contributed by atoms with Gasteiger partial charge in [0.25, 0.3) is 0 Å². The van der Waals surface area contributed by atoms with E-state index >= 15 is 0 Å². The Hall–Kier alpha value is -3.91. The third-order valence-corrected chi connectivity index (χ3v) is 5.99. The predicted molar refractivity (Wildman–Crippen MR) is 122 cm³/mol. The first kappa shape index (κ1) is 20.0. The van der Waals surface area contributed by atoms with E-state index in [-0.39, 0.29) is 18.2 Å². The number of nitrogens with zero attached hydrogens (tertiary/aromatic N) is 3. The quantitative estimate of drug-likeness (QED) is 0.436. The molecule has 1 aromatic heterocycles. The van der Waals surface area contributed by atoms with Crippen LogP contribution in [0.15, 0.2) is 90.1 Å². The van der Waals surface area contributed by atoms with Crippen molar-refractivity contribution in [2.24, 2.45) is 0 Å². The molecule has 1 saturated heterocycles. The van der Waals surface area contributed by atoms with E-state index in [1.54, 1.807) is 24.3 Å². The van der Waals surface area contributed by atoms with Crippen molar-refractivity contribution in [2.45, 2.75) is 16.8 Å². The van der Waals surface area contributed by atoms with Crippen molar-refractivity contribution in [3.8, 4) is 22.9 Å². The van der Waals surface area contributed by atoms with Gasteiger partial charge in [0.2, 0.25) is 17.0 Å². The smallest absolute Gasteiger partial charge is 0.247 e. The van der Waals surface area contributed by atoms with Crippen LogP contribution in [-0.4, -0.2) is 32.2 Å². The highest BCUT2D eigenvalue weighted by molar-refractivity contribution is 8.00. The van der Waals surface area contributed by atoms with Crippen molar-refractivity contribution in [2.75, 3.05) is 4.90 Å². The Bertz CT molecular complexity index is 1240. The van der Waals surface area contributed by atoms with E-state index in [2.05, 4.69) is 15.2 Å². The first-order chi connectivity index (χ1) is 15.7. The minimum Gasteiger partial charge on any atom is -0.457 e. The van der Waals surface area contributed by atoms with Crippen LogP contribution in [0.25, 0.3) is 11.4 Å². The standard InChI is InChI=1S/C24H18N4O3S/c29-21-15-20(32-24-25-22(26-27-24)16-7-3-1-4-8-16)23(30)28(21)17-11-13-19(14-12-17)31-18-9-5-2-6-10-18/h1-14,20H,15H2,(H,25,26,27)/t20-/m1/s1. The maximum absolute atomic E-state index is 13.0. The number of thioether (sulfide) groups is 1. The van der Waals surface area contributed by atoms with Gasteiger partial charge in [0.05, 0.1) is 5.69 Å². The van der Waals surface area contributed by atoms with Crippen LogP contribution >= 0.6 is 11.8 Å². The molecule has 0 bridgehead atoms. The number of ether oxygens (including phenoxy) is 1. The number of aromatic nitrogens is 3. The summed E-state index contributed by atoms with van der Waals surface area (Å²) in [4.78, 5) is 31.2. The van der Waals surface area contributed by atoms with Crippen LogP contribution in [0.1, 0.15) is 6.42 Å². The summed E-state index contributed by atoms with van der Waals surface area (Å²) in [5, 5.41) is 6.94. The number of amides is 2. The molecule has 2 heterocycles. The molecule has 0 saturated carbocycles. The molecule has 7 nitrogen and oxygen atoms in total.